The lowest BCUT2D eigenvalue weighted by Gasteiger charge is -2.22. The van der Waals surface area contributed by atoms with E-state index in [4.69, 9.17) is 0 Å². The number of para-hydroxylation sites is 1. The Bertz CT molecular complexity index is 776. The molecule has 1 aliphatic rings. The third kappa shape index (κ3) is 1.95. The zero-order chi connectivity index (χ0) is 14.3. The Morgan fingerprint density at radius 1 is 1.25 bits per heavy atom. The van der Waals surface area contributed by atoms with Crippen molar-refractivity contribution in [2.24, 2.45) is 0 Å². The molecule has 0 spiro atoms. The Morgan fingerprint density at radius 2 is 2.05 bits per heavy atom. The fourth-order valence-corrected chi connectivity index (χ4v) is 2.69. The van der Waals surface area contributed by atoms with E-state index in [0.717, 1.165) is 5.56 Å². The van der Waals surface area contributed by atoms with Crippen LogP contribution in [-0.4, -0.2) is 21.1 Å². The van der Waals surface area contributed by atoms with Gasteiger partial charge in [-0.3, -0.25) is 19.0 Å². The summed E-state index contributed by atoms with van der Waals surface area (Å²) < 4.78 is 1.37. The predicted octanol–water partition coefficient (Wildman–Crippen LogP) is 1.57. The number of carbonyl (C=O) groups excluding carboxylic acids is 2. The van der Waals surface area contributed by atoms with Gasteiger partial charge in [0.2, 0.25) is 0 Å². The third-order valence-corrected chi connectivity index (χ3v) is 3.79. The summed E-state index contributed by atoms with van der Waals surface area (Å²) in [7, 11) is 0. The van der Waals surface area contributed by atoms with E-state index < -0.39 is 6.04 Å². The molecule has 1 unspecified atom stereocenters. The van der Waals surface area contributed by atoms with E-state index in [9.17, 15) is 14.4 Å². The monoisotopic (exact) mass is 270 g/mol. The summed E-state index contributed by atoms with van der Waals surface area (Å²) in [5.41, 5.74) is 1.37. The van der Waals surface area contributed by atoms with Crippen LogP contribution in [0.25, 0.3) is 10.9 Å². The second kappa shape index (κ2) is 4.67. The van der Waals surface area contributed by atoms with Crippen LogP contribution in [0.4, 0.5) is 0 Å². The summed E-state index contributed by atoms with van der Waals surface area (Å²) >= 11 is 0. The van der Waals surface area contributed by atoms with Gasteiger partial charge in [0, 0.05) is 6.42 Å². The predicted molar refractivity (Wildman–Crippen MR) is 73.6 cm³/mol. The van der Waals surface area contributed by atoms with Crippen LogP contribution in [0.3, 0.4) is 0 Å². The van der Waals surface area contributed by atoms with E-state index in [1.165, 1.54) is 10.9 Å². The van der Waals surface area contributed by atoms with Gasteiger partial charge in [-0.2, -0.15) is 0 Å². The molecule has 1 aromatic heterocycles. The molecule has 1 aliphatic carbocycles. The van der Waals surface area contributed by atoms with Crippen molar-refractivity contribution in [2.75, 3.05) is 0 Å². The maximum Gasteiger partial charge on any atom is 0.261 e. The summed E-state index contributed by atoms with van der Waals surface area (Å²) in [6.07, 6.45) is 2.07. The van der Waals surface area contributed by atoms with Crippen molar-refractivity contribution in [3.8, 4) is 0 Å². The molecule has 0 N–H and O–H groups in total. The molecule has 5 nitrogen and oxygen atoms in total. The van der Waals surface area contributed by atoms with E-state index in [1.807, 2.05) is 13.0 Å². The first-order valence-electron chi connectivity index (χ1n) is 6.59. The number of nitrogens with zero attached hydrogens (tertiary/aromatic N) is 2. The van der Waals surface area contributed by atoms with Gasteiger partial charge in [0.1, 0.15) is 5.78 Å². The van der Waals surface area contributed by atoms with Crippen molar-refractivity contribution in [1.82, 2.24) is 9.55 Å². The largest absolute Gasteiger partial charge is 0.299 e. The Kier molecular flexibility index (Phi) is 2.97. The molecule has 0 radical (unpaired) electrons. The van der Waals surface area contributed by atoms with Crippen molar-refractivity contribution in [2.45, 2.75) is 32.2 Å². The minimum atomic E-state index is -0.558. The van der Waals surface area contributed by atoms with Gasteiger partial charge in [0.25, 0.3) is 5.56 Å². The molecular weight excluding hydrogens is 256 g/mol. The molecule has 102 valence electrons. The maximum absolute atomic E-state index is 12.5. The first kappa shape index (κ1) is 12.7. The number of ketones is 2. The molecule has 1 atom stereocenters. The number of aromatic nitrogens is 2. The van der Waals surface area contributed by atoms with E-state index in [0.29, 0.717) is 23.7 Å². The first-order valence-corrected chi connectivity index (χ1v) is 6.59. The van der Waals surface area contributed by atoms with Crippen LogP contribution >= 0.6 is 0 Å². The van der Waals surface area contributed by atoms with Crippen LogP contribution in [0.1, 0.15) is 30.9 Å². The quantitative estimate of drug-likeness (QED) is 0.737. The van der Waals surface area contributed by atoms with Crippen molar-refractivity contribution in [3.63, 3.8) is 0 Å². The average Bonchev–Trinajstić information content (AvgIpc) is 2.41. The van der Waals surface area contributed by atoms with Crippen molar-refractivity contribution in [3.05, 3.63) is 40.4 Å². The number of rotatable bonds is 1. The van der Waals surface area contributed by atoms with Gasteiger partial charge >= 0.3 is 0 Å². The van der Waals surface area contributed by atoms with Gasteiger partial charge < -0.3 is 0 Å². The van der Waals surface area contributed by atoms with Gasteiger partial charge in [-0.1, -0.05) is 12.1 Å². The zero-order valence-electron chi connectivity index (χ0n) is 11.1. The second-order valence-electron chi connectivity index (χ2n) is 5.16. The number of benzene rings is 1. The number of hydrogen-bond acceptors (Lipinski definition) is 4. The molecular formula is C15H14N2O3. The fraction of sp³-hybridized carbons (Fsp3) is 0.333. The second-order valence-corrected chi connectivity index (χ2v) is 5.16. The molecule has 0 amide bonds. The normalized spacial score (nSPS) is 19.6. The Hall–Kier alpha value is -2.30. The molecule has 1 aromatic carbocycles. The lowest BCUT2D eigenvalue weighted by Crippen LogP contribution is -2.34. The highest BCUT2D eigenvalue weighted by atomic mass is 16.2. The fourth-order valence-electron chi connectivity index (χ4n) is 2.69. The first-order chi connectivity index (χ1) is 9.58. The zero-order valence-corrected chi connectivity index (χ0v) is 11.1. The number of carbonyl (C=O) groups is 2. The standard InChI is InChI=1S/C15H14N2O3/c1-9-3-2-4-11-14(9)16-8-17(15(11)20)12-6-5-10(18)7-13(12)19/h2-4,8,12H,5-7H2,1H3. The Balaban J connectivity index is 2.14. The SMILES string of the molecule is Cc1cccc2c(=O)n(C3CCC(=O)CC3=O)cnc12. The van der Waals surface area contributed by atoms with E-state index in [-0.39, 0.29) is 23.5 Å². The lowest BCUT2D eigenvalue weighted by molar-refractivity contribution is -0.132. The van der Waals surface area contributed by atoms with Crippen LogP contribution in [0, 0.1) is 6.92 Å². The molecule has 5 heteroatoms. The highest BCUT2D eigenvalue weighted by Gasteiger charge is 2.29. The van der Waals surface area contributed by atoms with Gasteiger partial charge in [-0.05, 0) is 25.0 Å². The summed E-state index contributed by atoms with van der Waals surface area (Å²) in [4.78, 5) is 40.0. The molecule has 2 aromatic rings. The molecule has 1 saturated carbocycles. The number of fused-ring (bicyclic) bond motifs is 1. The highest BCUT2D eigenvalue weighted by Crippen LogP contribution is 2.22. The molecule has 3 rings (SSSR count). The Morgan fingerprint density at radius 3 is 2.80 bits per heavy atom. The molecule has 20 heavy (non-hydrogen) atoms. The van der Waals surface area contributed by atoms with Crippen molar-refractivity contribution in [1.29, 1.82) is 0 Å². The molecule has 0 aliphatic heterocycles. The summed E-state index contributed by atoms with van der Waals surface area (Å²) in [6, 6.07) is 4.85. The number of Topliss-reactive ketones (excluding diaryl/α,β-unsaturated/α-hetero) is 2. The Labute approximate surface area is 115 Å². The molecule has 0 bridgehead atoms. The van der Waals surface area contributed by atoms with Crippen LogP contribution in [0.5, 0.6) is 0 Å². The van der Waals surface area contributed by atoms with Gasteiger partial charge in [0.05, 0.1) is 29.7 Å². The van der Waals surface area contributed by atoms with Crippen molar-refractivity contribution >= 4 is 22.5 Å². The summed E-state index contributed by atoms with van der Waals surface area (Å²) in [5.74, 6) is -0.249. The minimum absolute atomic E-state index is 0.0520. The minimum Gasteiger partial charge on any atom is -0.299 e. The van der Waals surface area contributed by atoms with Gasteiger partial charge in [0.15, 0.2) is 5.78 Å². The maximum atomic E-state index is 12.5. The topological polar surface area (TPSA) is 69.0 Å². The van der Waals surface area contributed by atoms with Crippen molar-refractivity contribution < 1.29 is 9.59 Å². The van der Waals surface area contributed by atoms with Gasteiger partial charge in [-0.15, -0.1) is 0 Å². The number of aryl methyl sites for hydroxylation is 1. The van der Waals surface area contributed by atoms with Crippen LogP contribution in [0.15, 0.2) is 29.3 Å². The highest BCUT2D eigenvalue weighted by molar-refractivity contribution is 6.03. The van der Waals surface area contributed by atoms with Crippen LogP contribution in [-0.2, 0) is 9.59 Å². The van der Waals surface area contributed by atoms with Crippen LogP contribution in [0.2, 0.25) is 0 Å². The van der Waals surface area contributed by atoms with E-state index in [1.54, 1.807) is 12.1 Å². The molecule has 1 heterocycles. The van der Waals surface area contributed by atoms with Crippen LogP contribution < -0.4 is 5.56 Å². The lowest BCUT2D eigenvalue weighted by atomic mass is 9.93. The van der Waals surface area contributed by atoms with E-state index in [2.05, 4.69) is 4.98 Å². The third-order valence-electron chi connectivity index (χ3n) is 3.79. The average molecular weight is 270 g/mol. The number of hydrogen-bond donors (Lipinski definition) is 0. The molecule has 1 fully saturated rings. The van der Waals surface area contributed by atoms with Gasteiger partial charge in [-0.25, -0.2) is 4.98 Å². The summed E-state index contributed by atoms with van der Waals surface area (Å²) in [5, 5.41) is 0.511. The van der Waals surface area contributed by atoms with E-state index >= 15 is 0 Å². The smallest absolute Gasteiger partial charge is 0.261 e. The molecule has 0 saturated heterocycles. The summed E-state index contributed by atoms with van der Waals surface area (Å²) in [6.45, 7) is 1.89.